The van der Waals surface area contributed by atoms with Crippen LogP contribution in [0.2, 0.25) is 0 Å². The quantitative estimate of drug-likeness (QED) is 0.844. The predicted molar refractivity (Wildman–Crippen MR) is 91.3 cm³/mol. The first kappa shape index (κ1) is 17.5. The van der Waals surface area contributed by atoms with Crippen molar-refractivity contribution in [2.75, 3.05) is 5.32 Å². The maximum atomic E-state index is 12.6. The molecule has 4 nitrogen and oxygen atoms in total. The van der Waals surface area contributed by atoms with Crippen LogP contribution in [0.5, 0.6) is 0 Å². The Bertz CT molecular complexity index is 567. The third-order valence-corrected chi connectivity index (χ3v) is 4.82. The van der Waals surface area contributed by atoms with E-state index in [1.807, 2.05) is 0 Å². The van der Waals surface area contributed by atoms with Gasteiger partial charge in [-0.2, -0.15) is 0 Å². The molecule has 0 bridgehead atoms. The molecule has 126 valence electrons. The molecular formula is C19H27NO3. The van der Waals surface area contributed by atoms with Crippen LogP contribution in [0.1, 0.15) is 57.3 Å². The Labute approximate surface area is 138 Å². The Morgan fingerprint density at radius 3 is 2.57 bits per heavy atom. The fourth-order valence-corrected chi connectivity index (χ4v) is 3.24. The molecule has 1 N–H and O–H groups in total. The third-order valence-electron chi connectivity index (χ3n) is 4.82. The van der Waals surface area contributed by atoms with E-state index in [1.54, 1.807) is 24.3 Å². The Morgan fingerprint density at radius 1 is 1.22 bits per heavy atom. The van der Waals surface area contributed by atoms with Gasteiger partial charge in [-0.1, -0.05) is 32.9 Å². The number of anilines is 1. The van der Waals surface area contributed by atoms with Crippen molar-refractivity contribution in [2.24, 2.45) is 17.8 Å². The van der Waals surface area contributed by atoms with Crippen molar-refractivity contribution in [3.8, 4) is 0 Å². The first-order valence-electron chi connectivity index (χ1n) is 8.46. The summed E-state index contributed by atoms with van der Waals surface area (Å²) in [7, 11) is 0. The molecule has 1 fully saturated rings. The highest BCUT2D eigenvalue weighted by atomic mass is 16.5. The molecule has 1 aliphatic rings. The van der Waals surface area contributed by atoms with E-state index >= 15 is 0 Å². The molecule has 23 heavy (non-hydrogen) atoms. The van der Waals surface area contributed by atoms with E-state index in [0.29, 0.717) is 29.0 Å². The minimum atomic E-state index is -0.351. The van der Waals surface area contributed by atoms with Gasteiger partial charge in [-0.3, -0.25) is 4.79 Å². The summed E-state index contributed by atoms with van der Waals surface area (Å²) in [5.74, 6) is 1.04. The number of rotatable bonds is 4. The maximum Gasteiger partial charge on any atom is 0.340 e. The smallest absolute Gasteiger partial charge is 0.340 e. The lowest BCUT2D eigenvalue weighted by Gasteiger charge is -2.35. The molecule has 3 atom stereocenters. The van der Waals surface area contributed by atoms with Crippen LogP contribution in [0.3, 0.4) is 0 Å². The average molecular weight is 317 g/mol. The topological polar surface area (TPSA) is 55.4 Å². The first-order chi connectivity index (χ1) is 10.9. The second kappa shape index (κ2) is 7.62. The van der Waals surface area contributed by atoms with E-state index in [9.17, 15) is 9.59 Å². The fourth-order valence-electron chi connectivity index (χ4n) is 3.24. The minimum Gasteiger partial charge on any atom is -0.458 e. The largest absolute Gasteiger partial charge is 0.458 e. The van der Waals surface area contributed by atoms with Gasteiger partial charge in [-0.25, -0.2) is 4.79 Å². The lowest BCUT2D eigenvalue weighted by Crippen LogP contribution is -2.34. The van der Waals surface area contributed by atoms with Gasteiger partial charge in [-0.15, -0.1) is 0 Å². The summed E-state index contributed by atoms with van der Waals surface area (Å²) in [6, 6.07) is 6.99. The van der Waals surface area contributed by atoms with E-state index in [4.69, 9.17) is 4.74 Å². The van der Waals surface area contributed by atoms with Gasteiger partial charge in [0.05, 0.1) is 11.3 Å². The zero-order valence-electron chi connectivity index (χ0n) is 14.5. The Kier molecular flexibility index (Phi) is 5.80. The number of esters is 1. The van der Waals surface area contributed by atoms with Crippen molar-refractivity contribution in [3.05, 3.63) is 29.8 Å². The molecule has 2 rings (SSSR count). The Morgan fingerprint density at radius 2 is 1.91 bits per heavy atom. The normalized spacial score (nSPS) is 24.3. The zero-order chi connectivity index (χ0) is 17.0. The van der Waals surface area contributed by atoms with Crippen molar-refractivity contribution < 1.29 is 14.3 Å². The molecule has 1 aromatic rings. The van der Waals surface area contributed by atoms with Gasteiger partial charge in [0.2, 0.25) is 5.91 Å². The van der Waals surface area contributed by atoms with E-state index in [1.165, 1.54) is 13.3 Å². The van der Waals surface area contributed by atoms with Gasteiger partial charge < -0.3 is 10.1 Å². The van der Waals surface area contributed by atoms with E-state index in [0.717, 1.165) is 12.8 Å². The van der Waals surface area contributed by atoms with Gasteiger partial charge in [0.1, 0.15) is 6.10 Å². The van der Waals surface area contributed by atoms with Gasteiger partial charge in [0, 0.05) is 6.92 Å². The van der Waals surface area contributed by atoms with Gasteiger partial charge >= 0.3 is 5.97 Å². The van der Waals surface area contributed by atoms with Gasteiger partial charge in [-0.05, 0) is 49.1 Å². The van der Waals surface area contributed by atoms with Crippen LogP contribution >= 0.6 is 0 Å². The van der Waals surface area contributed by atoms with Gasteiger partial charge in [0.25, 0.3) is 0 Å². The van der Waals surface area contributed by atoms with Gasteiger partial charge in [0.15, 0.2) is 0 Å². The maximum absolute atomic E-state index is 12.6. The number of nitrogens with one attached hydrogen (secondary N) is 1. The average Bonchev–Trinajstić information content (AvgIpc) is 2.49. The molecule has 1 amide bonds. The van der Waals surface area contributed by atoms with Crippen LogP contribution in [0.25, 0.3) is 0 Å². The summed E-state index contributed by atoms with van der Waals surface area (Å²) < 4.78 is 5.80. The van der Waals surface area contributed by atoms with Crippen LogP contribution in [0, 0.1) is 17.8 Å². The number of carbonyl (C=O) groups excluding carboxylic acids is 2. The molecule has 1 aromatic carbocycles. The van der Waals surface area contributed by atoms with Crippen LogP contribution in [-0.4, -0.2) is 18.0 Å². The SMILES string of the molecule is CC(=O)Nc1ccccc1C(=O)OC1CC(C(C)C)CCC1C. The molecule has 0 aromatic heterocycles. The van der Waals surface area contributed by atoms with E-state index < -0.39 is 0 Å². The zero-order valence-corrected chi connectivity index (χ0v) is 14.5. The minimum absolute atomic E-state index is 0.0472. The molecule has 0 saturated heterocycles. The van der Waals surface area contributed by atoms with Crippen molar-refractivity contribution in [1.82, 2.24) is 0 Å². The molecule has 4 heteroatoms. The number of amides is 1. The fraction of sp³-hybridized carbons (Fsp3) is 0.579. The third kappa shape index (κ3) is 4.57. The van der Waals surface area contributed by atoms with Crippen LogP contribution in [-0.2, 0) is 9.53 Å². The first-order valence-corrected chi connectivity index (χ1v) is 8.46. The number of ether oxygens (including phenoxy) is 1. The summed E-state index contributed by atoms with van der Waals surface area (Å²) in [5.41, 5.74) is 0.926. The second-order valence-electron chi connectivity index (χ2n) is 6.96. The van der Waals surface area contributed by atoms with E-state index in [2.05, 4.69) is 26.1 Å². The molecule has 0 aliphatic heterocycles. The number of hydrogen-bond donors (Lipinski definition) is 1. The predicted octanol–water partition coefficient (Wildman–Crippen LogP) is 4.26. The highest BCUT2D eigenvalue weighted by Crippen LogP contribution is 2.35. The van der Waals surface area contributed by atoms with Crippen LogP contribution in [0.15, 0.2) is 24.3 Å². The molecule has 0 heterocycles. The number of hydrogen-bond acceptors (Lipinski definition) is 3. The summed E-state index contributed by atoms with van der Waals surface area (Å²) >= 11 is 0. The number of benzene rings is 1. The lowest BCUT2D eigenvalue weighted by molar-refractivity contribution is -0.114. The summed E-state index contributed by atoms with van der Waals surface area (Å²) in [4.78, 5) is 23.8. The number of carbonyl (C=O) groups is 2. The summed E-state index contributed by atoms with van der Waals surface area (Å²) in [6.45, 7) is 8.03. The standard InChI is InChI=1S/C19H27NO3/c1-12(2)15-10-9-13(3)18(11-15)23-19(22)16-7-5-6-8-17(16)20-14(4)21/h5-8,12-13,15,18H,9-11H2,1-4H3,(H,20,21). The highest BCUT2D eigenvalue weighted by Gasteiger charge is 2.32. The second-order valence-corrected chi connectivity index (χ2v) is 6.96. The summed E-state index contributed by atoms with van der Waals surface area (Å²) in [5, 5.41) is 2.69. The van der Waals surface area contributed by atoms with Crippen LogP contribution < -0.4 is 5.32 Å². The summed E-state index contributed by atoms with van der Waals surface area (Å²) in [6.07, 6.45) is 3.17. The number of para-hydroxylation sites is 1. The lowest BCUT2D eigenvalue weighted by atomic mass is 9.76. The van der Waals surface area contributed by atoms with Crippen molar-refractivity contribution in [2.45, 2.75) is 53.1 Å². The molecule has 0 radical (unpaired) electrons. The monoisotopic (exact) mass is 317 g/mol. The van der Waals surface area contributed by atoms with Crippen molar-refractivity contribution in [1.29, 1.82) is 0 Å². The molecule has 1 saturated carbocycles. The Balaban J connectivity index is 2.10. The molecular weight excluding hydrogens is 290 g/mol. The Hall–Kier alpha value is -1.84. The molecule has 3 unspecified atom stereocenters. The van der Waals surface area contributed by atoms with E-state index in [-0.39, 0.29) is 18.0 Å². The molecule has 1 aliphatic carbocycles. The van der Waals surface area contributed by atoms with Crippen molar-refractivity contribution >= 4 is 17.6 Å². The molecule has 0 spiro atoms. The highest BCUT2D eigenvalue weighted by molar-refractivity contribution is 6.00. The van der Waals surface area contributed by atoms with Crippen LogP contribution in [0.4, 0.5) is 5.69 Å². The van der Waals surface area contributed by atoms with Crippen molar-refractivity contribution in [3.63, 3.8) is 0 Å².